The molecular formula is C12H9NO3S. The lowest BCUT2D eigenvalue weighted by molar-refractivity contribution is -0.122. The van der Waals surface area contributed by atoms with E-state index in [1.54, 1.807) is 18.2 Å². The number of hydrogen-bond donors (Lipinski definition) is 2. The highest BCUT2D eigenvalue weighted by Gasteiger charge is 2.26. The number of para-hydroxylation sites is 1. The van der Waals surface area contributed by atoms with Crippen LogP contribution in [0.5, 0.6) is 5.75 Å². The molecule has 1 heterocycles. The SMILES string of the molecule is O=C1CC(=S)NC(=O)/C1=C\c1ccccc1O. The number of carbonyl (C=O) groups is 2. The molecule has 2 N–H and O–H groups in total. The monoisotopic (exact) mass is 247 g/mol. The summed E-state index contributed by atoms with van der Waals surface area (Å²) in [7, 11) is 0. The summed E-state index contributed by atoms with van der Waals surface area (Å²) >= 11 is 4.77. The minimum Gasteiger partial charge on any atom is -0.507 e. The highest BCUT2D eigenvalue weighted by Crippen LogP contribution is 2.20. The van der Waals surface area contributed by atoms with Crippen LogP contribution in [0.2, 0.25) is 0 Å². The van der Waals surface area contributed by atoms with Gasteiger partial charge in [-0.3, -0.25) is 9.59 Å². The van der Waals surface area contributed by atoms with Gasteiger partial charge in [0.25, 0.3) is 5.91 Å². The lowest BCUT2D eigenvalue weighted by Crippen LogP contribution is -2.39. The van der Waals surface area contributed by atoms with E-state index in [9.17, 15) is 14.7 Å². The second-order valence-electron chi connectivity index (χ2n) is 3.59. The molecule has 1 aromatic rings. The van der Waals surface area contributed by atoms with Crippen LogP contribution in [0.1, 0.15) is 12.0 Å². The Balaban J connectivity index is 2.40. The number of carbonyl (C=O) groups excluding carboxylic acids is 2. The zero-order valence-corrected chi connectivity index (χ0v) is 9.58. The summed E-state index contributed by atoms with van der Waals surface area (Å²) in [6.07, 6.45) is 1.40. The van der Waals surface area contributed by atoms with Crippen LogP contribution in [0.3, 0.4) is 0 Å². The lowest BCUT2D eigenvalue weighted by atomic mass is 10.0. The molecule has 1 aliphatic rings. The van der Waals surface area contributed by atoms with Crippen LogP contribution in [-0.2, 0) is 9.59 Å². The van der Waals surface area contributed by atoms with Crippen molar-refractivity contribution in [2.45, 2.75) is 6.42 Å². The summed E-state index contributed by atoms with van der Waals surface area (Å²) in [5, 5.41) is 12.0. The maximum atomic E-state index is 11.6. The average molecular weight is 247 g/mol. The number of aromatic hydroxyl groups is 1. The van der Waals surface area contributed by atoms with Crippen LogP contribution >= 0.6 is 12.2 Å². The normalized spacial score (nSPS) is 18.4. The fraction of sp³-hybridized carbons (Fsp3) is 0.0833. The van der Waals surface area contributed by atoms with Crippen molar-refractivity contribution >= 4 is 35.0 Å². The van der Waals surface area contributed by atoms with Gasteiger partial charge >= 0.3 is 0 Å². The molecule has 0 radical (unpaired) electrons. The van der Waals surface area contributed by atoms with E-state index >= 15 is 0 Å². The number of thiocarbonyl (C=S) groups is 1. The van der Waals surface area contributed by atoms with Crippen LogP contribution < -0.4 is 5.32 Å². The summed E-state index contributed by atoms with van der Waals surface area (Å²) in [4.78, 5) is 23.4. The number of ketones is 1. The van der Waals surface area contributed by atoms with Gasteiger partial charge in [0.05, 0.1) is 17.0 Å². The van der Waals surface area contributed by atoms with Crippen molar-refractivity contribution in [1.82, 2.24) is 5.32 Å². The summed E-state index contributed by atoms with van der Waals surface area (Å²) < 4.78 is 0. The van der Waals surface area contributed by atoms with Gasteiger partial charge in [-0.15, -0.1) is 0 Å². The van der Waals surface area contributed by atoms with Crippen molar-refractivity contribution in [2.75, 3.05) is 0 Å². The number of rotatable bonds is 1. The molecule has 17 heavy (non-hydrogen) atoms. The third-order valence-corrected chi connectivity index (χ3v) is 2.60. The van der Waals surface area contributed by atoms with Crippen LogP contribution in [0.15, 0.2) is 29.8 Å². The Morgan fingerprint density at radius 2 is 2.00 bits per heavy atom. The lowest BCUT2D eigenvalue weighted by Gasteiger charge is -2.14. The molecule has 0 saturated carbocycles. The number of amides is 1. The second kappa shape index (κ2) is 4.47. The van der Waals surface area contributed by atoms with Gasteiger partial charge in [-0.25, -0.2) is 0 Å². The predicted octanol–water partition coefficient (Wildman–Crippen LogP) is 1.19. The number of piperidine rings is 1. The van der Waals surface area contributed by atoms with E-state index in [-0.39, 0.29) is 28.5 Å². The number of phenolic OH excluding ortho intramolecular Hbond substituents is 1. The van der Waals surface area contributed by atoms with Gasteiger partial charge in [0, 0.05) is 5.56 Å². The zero-order valence-electron chi connectivity index (χ0n) is 8.77. The Hall–Kier alpha value is -2.01. The van der Waals surface area contributed by atoms with E-state index in [4.69, 9.17) is 12.2 Å². The van der Waals surface area contributed by atoms with Gasteiger partial charge in [-0.1, -0.05) is 30.4 Å². The first-order chi connectivity index (χ1) is 8.08. The van der Waals surface area contributed by atoms with Crippen molar-refractivity contribution in [3.05, 3.63) is 35.4 Å². The molecule has 0 bridgehead atoms. The van der Waals surface area contributed by atoms with E-state index in [1.807, 2.05) is 0 Å². The number of Topliss-reactive ketones (excluding diaryl/α,β-unsaturated/α-hetero) is 1. The van der Waals surface area contributed by atoms with Gasteiger partial charge in [0.2, 0.25) is 0 Å². The van der Waals surface area contributed by atoms with E-state index in [0.29, 0.717) is 5.56 Å². The number of phenols is 1. The quantitative estimate of drug-likeness (QED) is 0.444. The van der Waals surface area contributed by atoms with Gasteiger partial charge in [-0.2, -0.15) is 0 Å². The summed E-state index contributed by atoms with van der Waals surface area (Å²) in [5.41, 5.74) is 0.443. The Morgan fingerprint density at radius 3 is 2.65 bits per heavy atom. The van der Waals surface area contributed by atoms with Gasteiger partial charge in [0.1, 0.15) is 5.75 Å². The van der Waals surface area contributed by atoms with Crippen molar-refractivity contribution < 1.29 is 14.7 Å². The highest BCUT2D eigenvalue weighted by atomic mass is 32.1. The molecule has 0 aromatic heterocycles. The third kappa shape index (κ3) is 2.39. The maximum absolute atomic E-state index is 11.6. The number of nitrogens with one attached hydrogen (secondary N) is 1. The first-order valence-electron chi connectivity index (χ1n) is 4.95. The van der Waals surface area contributed by atoms with Crippen molar-refractivity contribution in [2.24, 2.45) is 0 Å². The van der Waals surface area contributed by atoms with E-state index in [1.165, 1.54) is 12.1 Å². The van der Waals surface area contributed by atoms with Crippen LogP contribution in [-0.4, -0.2) is 21.8 Å². The Labute approximate surface area is 103 Å². The Kier molecular flexibility index (Phi) is 3.01. The van der Waals surface area contributed by atoms with Gasteiger partial charge in [0.15, 0.2) is 5.78 Å². The predicted molar refractivity (Wildman–Crippen MR) is 66.4 cm³/mol. The zero-order chi connectivity index (χ0) is 12.4. The molecule has 1 aromatic carbocycles. The van der Waals surface area contributed by atoms with Crippen molar-refractivity contribution in [3.8, 4) is 5.75 Å². The third-order valence-electron chi connectivity index (χ3n) is 2.36. The first kappa shape index (κ1) is 11.5. The minimum atomic E-state index is -0.519. The van der Waals surface area contributed by atoms with E-state index in [2.05, 4.69) is 5.32 Å². The van der Waals surface area contributed by atoms with Gasteiger partial charge in [-0.05, 0) is 12.1 Å². The molecule has 2 rings (SSSR count). The van der Waals surface area contributed by atoms with Crippen molar-refractivity contribution in [1.29, 1.82) is 0 Å². The standard InChI is InChI=1S/C12H9NO3S/c14-9-4-2-1-3-7(9)5-8-10(15)6-11(17)13-12(8)16/h1-5,14H,6H2,(H,13,16,17)/b8-5-. The summed E-state index contributed by atoms with van der Waals surface area (Å²) in [6, 6.07) is 6.48. The van der Waals surface area contributed by atoms with Crippen molar-refractivity contribution in [3.63, 3.8) is 0 Å². The number of benzene rings is 1. The Morgan fingerprint density at radius 1 is 1.29 bits per heavy atom. The molecule has 1 aliphatic heterocycles. The van der Waals surface area contributed by atoms with E-state index < -0.39 is 5.91 Å². The molecule has 0 atom stereocenters. The topological polar surface area (TPSA) is 66.4 Å². The molecule has 5 heteroatoms. The van der Waals surface area contributed by atoms with Crippen LogP contribution in [0.4, 0.5) is 0 Å². The molecule has 0 unspecified atom stereocenters. The maximum Gasteiger partial charge on any atom is 0.259 e. The largest absolute Gasteiger partial charge is 0.507 e. The fourth-order valence-corrected chi connectivity index (χ4v) is 1.74. The summed E-state index contributed by atoms with van der Waals surface area (Å²) in [6.45, 7) is 0. The molecule has 86 valence electrons. The van der Waals surface area contributed by atoms with Gasteiger partial charge < -0.3 is 10.4 Å². The first-order valence-corrected chi connectivity index (χ1v) is 5.36. The minimum absolute atomic E-state index is 0.0140. The molecular weight excluding hydrogens is 238 g/mol. The molecule has 1 amide bonds. The van der Waals surface area contributed by atoms with Crippen LogP contribution in [0, 0.1) is 0 Å². The fourth-order valence-electron chi connectivity index (χ4n) is 1.52. The second-order valence-corrected chi connectivity index (χ2v) is 4.09. The molecule has 4 nitrogen and oxygen atoms in total. The average Bonchev–Trinajstić information content (AvgIpc) is 2.25. The van der Waals surface area contributed by atoms with E-state index in [0.717, 1.165) is 0 Å². The van der Waals surface area contributed by atoms with Crippen LogP contribution in [0.25, 0.3) is 6.08 Å². The molecule has 0 spiro atoms. The number of hydrogen-bond acceptors (Lipinski definition) is 4. The smallest absolute Gasteiger partial charge is 0.259 e. The summed E-state index contributed by atoms with van der Waals surface area (Å²) in [5.74, 6) is -0.828. The molecule has 0 aliphatic carbocycles. The highest BCUT2D eigenvalue weighted by molar-refractivity contribution is 7.80. The molecule has 1 fully saturated rings. The Bertz CT molecular complexity index is 526. The molecule has 1 saturated heterocycles.